The molecule has 0 spiro atoms. The molecule has 2 heterocycles. The minimum atomic E-state index is -0.457. The summed E-state index contributed by atoms with van der Waals surface area (Å²) in [6.07, 6.45) is 1.61. The molecule has 0 amide bonds. The molecule has 0 N–H and O–H groups in total. The molecular weight excluding hydrogens is 386 g/mol. The highest BCUT2D eigenvalue weighted by molar-refractivity contribution is 5.74. The third-order valence-electron chi connectivity index (χ3n) is 5.70. The minimum absolute atomic E-state index is 0.139. The lowest BCUT2D eigenvalue weighted by molar-refractivity contribution is -0.134. The Balaban J connectivity index is 1.75. The van der Waals surface area contributed by atoms with Crippen molar-refractivity contribution in [2.24, 2.45) is 0 Å². The third-order valence-corrected chi connectivity index (χ3v) is 5.70. The lowest BCUT2D eigenvalue weighted by Gasteiger charge is -2.42. The molecule has 1 unspecified atom stereocenters. The molecule has 0 aromatic heterocycles. The fourth-order valence-corrected chi connectivity index (χ4v) is 4.47. The number of carbonyl (C=O) groups excluding carboxylic acids is 2. The first-order valence-corrected chi connectivity index (χ1v) is 9.91. The maximum Gasteiger partial charge on any atom is 0.308 e. The largest absolute Gasteiger partial charge is 0.493 e. The highest BCUT2D eigenvalue weighted by Gasteiger charge is 2.35. The molecule has 4 rings (SSSR count). The molecule has 2 aromatic carbocycles. The summed E-state index contributed by atoms with van der Waals surface area (Å²) in [5, 5.41) is 0. The number of rotatable bonds is 4. The molecular formula is C23H25NO6. The van der Waals surface area contributed by atoms with Gasteiger partial charge in [0.15, 0.2) is 23.0 Å². The van der Waals surface area contributed by atoms with E-state index in [1.807, 2.05) is 18.2 Å². The second-order valence-electron chi connectivity index (χ2n) is 7.56. The van der Waals surface area contributed by atoms with E-state index in [0.29, 0.717) is 0 Å². The smallest absolute Gasteiger partial charge is 0.308 e. The average Bonchev–Trinajstić information content (AvgIpc) is 2.71. The molecule has 0 aliphatic carbocycles. The predicted octanol–water partition coefficient (Wildman–Crippen LogP) is 3.21. The fraction of sp³-hybridized carbons (Fsp3) is 0.391. The van der Waals surface area contributed by atoms with Crippen LogP contribution in [0.25, 0.3) is 0 Å². The molecule has 2 aliphatic heterocycles. The molecule has 0 saturated heterocycles. The van der Waals surface area contributed by atoms with Gasteiger partial charge in [0.25, 0.3) is 0 Å². The minimum Gasteiger partial charge on any atom is -0.493 e. The maximum absolute atomic E-state index is 11.6. The number of hydrogen-bond acceptors (Lipinski definition) is 7. The summed E-state index contributed by atoms with van der Waals surface area (Å²) in [6, 6.07) is 7.84. The quantitative estimate of drug-likeness (QED) is 0.565. The molecule has 2 aromatic rings. The zero-order valence-electron chi connectivity index (χ0n) is 17.6. The Morgan fingerprint density at radius 3 is 2.27 bits per heavy atom. The van der Waals surface area contributed by atoms with Gasteiger partial charge in [-0.15, -0.1) is 0 Å². The van der Waals surface area contributed by atoms with E-state index >= 15 is 0 Å². The number of esters is 2. The van der Waals surface area contributed by atoms with Crippen LogP contribution in [-0.2, 0) is 29.0 Å². The van der Waals surface area contributed by atoms with E-state index in [1.54, 1.807) is 14.2 Å². The van der Waals surface area contributed by atoms with Crippen molar-refractivity contribution < 1.29 is 28.5 Å². The molecule has 1 atom stereocenters. The molecule has 7 nitrogen and oxygen atoms in total. The number of carbonyl (C=O) groups is 2. The van der Waals surface area contributed by atoms with Crippen molar-refractivity contribution in [1.29, 1.82) is 0 Å². The van der Waals surface area contributed by atoms with Crippen LogP contribution in [0.3, 0.4) is 0 Å². The second-order valence-corrected chi connectivity index (χ2v) is 7.56. The Bertz CT molecular complexity index is 1020. The van der Waals surface area contributed by atoms with Crippen molar-refractivity contribution in [2.45, 2.75) is 39.3 Å². The van der Waals surface area contributed by atoms with Gasteiger partial charge in [-0.1, -0.05) is 6.07 Å². The van der Waals surface area contributed by atoms with E-state index in [9.17, 15) is 9.59 Å². The first kappa shape index (κ1) is 20.2. The van der Waals surface area contributed by atoms with Crippen molar-refractivity contribution in [1.82, 2.24) is 4.90 Å². The summed E-state index contributed by atoms with van der Waals surface area (Å²) < 4.78 is 21.8. The lowest BCUT2D eigenvalue weighted by Crippen LogP contribution is -2.39. The van der Waals surface area contributed by atoms with E-state index in [0.717, 1.165) is 54.1 Å². The summed E-state index contributed by atoms with van der Waals surface area (Å²) >= 11 is 0. The Morgan fingerprint density at radius 2 is 1.63 bits per heavy atom. The number of nitrogens with zero attached hydrogens (tertiary/aromatic N) is 1. The van der Waals surface area contributed by atoms with Gasteiger partial charge in [0.1, 0.15) is 0 Å². The topological polar surface area (TPSA) is 74.3 Å². The van der Waals surface area contributed by atoms with Gasteiger partial charge in [-0.3, -0.25) is 14.5 Å². The molecule has 2 aliphatic rings. The molecule has 0 saturated carbocycles. The highest BCUT2D eigenvalue weighted by atomic mass is 16.6. The van der Waals surface area contributed by atoms with Gasteiger partial charge >= 0.3 is 11.9 Å². The van der Waals surface area contributed by atoms with Crippen LogP contribution in [-0.4, -0.2) is 37.6 Å². The van der Waals surface area contributed by atoms with Crippen molar-refractivity contribution in [2.75, 3.05) is 20.8 Å². The van der Waals surface area contributed by atoms with Crippen LogP contribution in [0.15, 0.2) is 24.3 Å². The van der Waals surface area contributed by atoms with E-state index < -0.39 is 11.9 Å². The number of fused-ring (bicyclic) bond motifs is 4. The lowest BCUT2D eigenvalue weighted by atomic mass is 9.83. The van der Waals surface area contributed by atoms with Crippen molar-refractivity contribution in [3.05, 3.63) is 46.5 Å². The highest BCUT2D eigenvalue weighted by Crippen LogP contribution is 2.45. The average molecular weight is 411 g/mol. The van der Waals surface area contributed by atoms with Crippen LogP contribution in [0.4, 0.5) is 0 Å². The molecule has 0 radical (unpaired) electrons. The Kier molecular flexibility index (Phi) is 5.39. The second kappa shape index (κ2) is 7.99. The Hall–Kier alpha value is -3.06. The molecule has 0 bridgehead atoms. The number of benzene rings is 2. The van der Waals surface area contributed by atoms with Crippen LogP contribution in [0, 0.1) is 0 Å². The standard InChI is InChI=1S/C23H25NO6/c1-13(25)29-21-10-16-7-8-24-12-18-15(5-6-20(27-3)23(18)28-4)9-19(24)17(16)11-22(21)30-14(2)26/h5-6,10-11,19H,7-9,12H2,1-4H3. The van der Waals surface area contributed by atoms with Crippen molar-refractivity contribution >= 4 is 11.9 Å². The first-order valence-electron chi connectivity index (χ1n) is 9.91. The monoisotopic (exact) mass is 411 g/mol. The van der Waals surface area contributed by atoms with Crippen LogP contribution < -0.4 is 18.9 Å². The fourth-order valence-electron chi connectivity index (χ4n) is 4.47. The number of hydrogen-bond donors (Lipinski definition) is 0. The van der Waals surface area contributed by atoms with Gasteiger partial charge in [-0.25, -0.2) is 0 Å². The summed E-state index contributed by atoms with van der Waals surface area (Å²) in [5.74, 6) is 1.17. The van der Waals surface area contributed by atoms with E-state index in [2.05, 4.69) is 11.0 Å². The normalized spacial score (nSPS) is 17.3. The molecule has 0 fully saturated rings. The van der Waals surface area contributed by atoms with Crippen LogP contribution in [0.1, 0.15) is 42.1 Å². The van der Waals surface area contributed by atoms with Crippen molar-refractivity contribution in [3.8, 4) is 23.0 Å². The van der Waals surface area contributed by atoms with Gasteiger partial charge in [-0.05, 0) is 47.7 Å². The number of methoxy groups -OCH3 is 2. The van der Waals surface area contributed by atoms with Crippen LogP contribution in [0.5, 0.6) is 23.0 Å². The molecule has 158 valence electrons. The summed E-state index contributed by atoms with van der Waals surface area (Å²) in [7, 11) is 3.31. The van der Waals surface area contributed by atoms with Crippen LogP contribution >= 0.6 is 0 Å². The van der Waals surface area contributed by atoms with Gasteiger partial charge in [0, 0.05) is 38.5 Å². The van der Waals surface area contributed by atoms with E-state index in [-0.39, 0.29) is 17.5 Å². The van der Waals surface area contributed by atoms with E-state index in [4.69, 9.17) is 18.9 Å². The van der Waals surface area contributed by atoms with E-state index in [1.165, 1.54) is 19.4 Å². The predicted molar refractivity (Wildman–Crippen MR) is 109 cm³/mol. The maximum atomic E-state index is 11.6. The van der Waals surface area contributed by atoms with Gasteiger partial charge < -0.3 is 18.9 Å². The summed E-state index contributed by atoms with van der Waals surface area (Å²) in [5.41, 5.74) is 4.55. The van der Waals surface area contributed by atoms with Crippen LogP contribution in [0.2, 0.25) is 0 Å². The summed E-state index contributed by atoms with van der Waals surface area (Å²) in [6.45, 7) is 4.27. The Morgan fingerprint density at radius 1 is 0.933 bits per heavy atom. The van der Waals surface area contributed by atoms with Crippen molar-refractivity contribution in [3.63, 3.8) is 0 Å². The summed E-state index contributed by atoms with van der Waals surface area (Å²) in [4.78, 5) is 25.5. The Labute approximate surface area is 175 Å². The first-order chi connectivity index (χ1) is 14.4. The SMILES string of the molecule is COc1ccc2c(c1OC)CN1CCc3cc(OC(C)=O)c(OC(C)=O)cc3C1C2. The molecule has 7 heteroatoms. The molecule has 30 heavy (non-hydrogen) atoms. The zero-order chi connectivity index (χ0) is 21.4. The van der Waals surface area contributed by atoms with Gasteiger partial charge in [0.05, 0.1) is 14.2 Å². The van der Waals surface area contributed by atoms with Gasteiger partial charge in [0.2, 0.25) is 0 Å². The van der Waals surface area contributed by atoms with Gasteiger partial charge in [-0.2, -0.15) is 0 Å². The third kappa shape index (κ3) is 3.61. The number of ether oxygens (including phenoxy) is 4. The zero-order valence-corrected chi connectivity index (χ0v) is 17.6.